The summed E-state index contributed by atoms with van der Waals surface area (Å²) in [5, 5.41) is 12.8. The average Bonchev–Trinajstić information content (AvgIpc) is 3.26. The van der Waals surface area contributed by atoms with Crippen molar-refractivity contribution in [1.29, 1.82) is 0 Å². The van der Waals surface area contributed by atoms with Crippen molar-refractivity contribution in [1.82, 2.24) is 15.1 Å². The van der Waals surface area contributed by atoms with Crippen LogP contribution < -0.4 is 10.1 Å². The number of hydrogen-bond acceptors (Lipinski definition) is 8. The smallest absolute Gasteiger partial charge is 0.261 e. The lowest BCUT2D eigenvalue weighted by Gasteiger charge is -2.42. The fourth-order valence-electron chi connectivity index (χ4n) is 4.59. The molecule has 1 atom stereocenters. The highest BCUT2D eigenvalue weighted by atomic mass is 35.5. The summed E-state index contributed by atoms with van der Waals surface area (Å²) in [7, 11) is 1.54. The van der Waals surface area contributed by atoms with E-state index in [1.165, 1.54) is 11.3 Å². The van der Waals surface area contributed by atoms with E-state index in [-0.39, 0.29) is 31.6 Å². The summed E-state index contributed by atoms with van der Waals surface area (Å²) in [5.41, 5.74) is 0. The number of amides is 2. The van der Waals surface area contributed by atoms with Gasteiger partial charge in [0.25, 0.3) is 5.91 Å². The predicted molar refractivity (Wildman–Crippen MR) is 130 cm³/mol. The van der Waals surface area contributed by atoms with E-state index in [1.807, 2.05) is 4.90 Å². The van der Waals surface area contributed by atoms with Gasteiger partial charge in [0, 0.05) is 39.3 Å². The normalized spacial score (nSPS) is 23.4. The van der Waals surface area contributed by atoms with Crippen molar-refractivity contribution in [3.8, 4) is 5.06 Å². The van der Waals surface area contributed by atoms with Gasteiger partial charge in [-0.05, 0) is 43.7 Å². The molecule has 2 aliphatic rings. The Bertz CT molecular complexity index is 774. The number of rotatable bonds is 13. The monoisotopic (exact) mass is 517 g/mol. The molecule has 1 saturated heterocycles. The molecule has 0 unspecified atom stereocenters. The summed E-state index contributed by atoms with van der Waals surface area (Å²) >= 11 is 7.18. The average molecular weight is 518 g/mol. The van der Waals surface area contributed by atoms with E-state index in [4.69, 9.17) is 30.9 Å². The summed E-state index contributed by atoms with van der Waals surface area (Å²) in [6, 6.07) is 3.29. The molecule has 1 saturated carbocycles. The molecule has 0 radical (unpaired) electrons. The lowest BCUT2D eigenvalue weighted by molar-refractivity contribution is -0.155. The molecular weight excluding hydrogens is 482 g/mol. The predicted octanol–water partition coefficient (Wildman–Crippen LogP) is 1.62. The zero-order valence-corrected chi connectivity index (χ0v) is 21.3. The van der Waals surface area contributed by atoms with Gasteiger partial charge in [-0.2, -0.15) is 0 Å². The second kappa shape index (κ2) is 14.2. The van der Waals surface area contributed by atoms with Crippen molar-refractivity contribution in [3.63, 3.8) is 0 Å². The number of piperazine rings is 1. The first-order valence-corrected chi connectivity index (χ1v) is 13.1. The molecule has 3 rings (SSSR count). The van der Waals surface area contributed by atoms with Gasteiger partial charge in [-0.25, -0.2) is 0 Å². The molecule has 1 aliphatic heterocycles. The van der Waals surface area contributed by atoms with E-state index in [0.29, 0.717) is 47.7 Å². The summed E-state index contributed by atoms with van der Waals surface area (Å²) in [5.74, 6) is 0.181. The maximum atomic E-state index is 13.2. The molecular formula is C23H36ClN3O6S. The van der Waals surface area contributed by atoms with E-state index in [0.717, 1.165) is 38.8 Å². The van der Waals surface area contributed by atoms with Crippen LogP contribution in [0.3, 0.4) is 0 Å². The molecule has 34 heavy (non-hydrogen) atoms. The zero-order chi connectivity index (χ0) is 24.3. The summed E-state index contributed by atoms with van der Waals surface area (Å²) < 4.78 is 16.7. The number of carbonyl (C=O) groups excluding carboxylic acids is 2. The van der Waals surface area contributed by atoms with E-state index < -0.39 is 6.04 Å². The largest absolute Gasteiger partial charge is 0.474 e. The van der Waals surface area contributed by atoms with Gasteiger partial charge in [-0.15, -0.1) is 0 Å². The van der Waals surface area contributed by atoms with Gasteiger partial charge in [-0.1, -0.05) is 22.9 Å². The zero-order valence-electron chi connectivity index (χ0n) is 19.7. The fraction of sp³-hybridized carbons (Fsp3) is 0.739. The number of aliphatic hydroxyl groups excluding tert-OH is 1. The molecule has 1 aromatic heterocycles. The number of carbonyl (C=O) groups is 2. The highest BCUT2D eigenvalue weighted by Crippen LogP contribution is 2.29. The van der Waals surface area contributed by atoms with E-state index >= 15 is 0 Å². The Morgan fingerprint density at radius 1 is 1.24 bits per heavy atom. The minimum atomic E-state index is -0.626. The Morgan fingerprint density at radius 3 is 2.71 bits per heavy atom. The highest BCUT2D eigenvalue weighted by molar-refractivity contribution is 7.17. The van der Waals surface area contributed by atoms with Crippen LogP contribution in [-0.2, 0) is 19.1 Å². The Labute approximate surface area is 210 Å². The molecule has 11 heteroatoms. The van der Waals surface area contributed by atoms with Crippen molar-refractivity contribution in [2.75, 3.05) is 66.3 Å². The third-order valence-corrected chi connectivity index (χ3v) is 7.50. The number of aliphatic hydroxyl groups is 1. The molecule has 2 N–H and O–H groups in total. The van der Waals surface area contributed by atoms with Crippen LogP contribution >= 0.6 is 22.9 Å². The van der Waals surface area contributed by atoms with Gasteiger partial charge in [0.2, 0.25) is 5.91 Å². The number of halogens is 1. The van der Waals surface area contributed by atoms with E-state index in [2.05, 4.69) is 5.32 Å². The first kappa shape index (κ1) is 27.2. The molecule has 0 bridgehead atoms. The Balaban J connectivity index is 1.43. The number of nitrogens with zero attached hydrogens (tertiary/aromatic N) is 2. The molecule has 1 aliphatic carbocycles. The van der Waals surface area contributed by atoms with Crippen molar-refractivity contribution in [3.05, 3.63) is 16.5 Å². The molecule has 192 valence electrons. The van der Waals surface area contributed by atoms with Crippen molar-refractivity contribution in [2.45, 2.75) is 37.8 Å². The van der Waals surface area contributed by atoms with Crippen LogP contribution in [0.2, 0.25) is 4.34 Å². The first-order valence-electron chi connectivity index (χ1n) is 11.9. The van der Waals surface area contributed by atoms with Crippen LogP contribution in [0.15, 0.2) is 12.1 Å². The summed E-state index contributed by atoms with van der Waals surface area (Å²) in [4.78, 5) is 29.5. The quantitative estimate of drug-likeness (QED) is 0.383. The highest BCUT2D eigenvalue weighted by Gasteiger charge is 2.38. The standard InChI is InChI=1S/C23H36ClN3O6S/c1-31-15-19-23(30)26(9-10-27(19)21(29)16-33-22-7-6-20(24)34-22)14-17-2-4-18(5-3-17)25-8-12-32-13-11-28/h6-7,17-19,25,28H,2-5,8-16H2,1H3/t17?,18?,19-/m0/s1. The second-order valence-corrected chi connectivity index (χ2v) is 10.4. The first-order chi connectivity index (χ1) is 16.5. The van der Waals surface area contributed by atoms with Crippen molar-refractivity contribution >= 4 is 34.8 Å². The van der Waals surface area contributed by atoms with Gasteiger partial charge >= 0.3 is 0 Å². The molecule has 2 amide bonds. The number of methoxy groups -OCH3 is 1. The van der Waals surface area contributed by atoms with E-state index in [9.17, 15) is 9.59 Å². The number of ether oxygens (including phenoxy) is 3. The van der Waals surface area contributed by atoms with Crippen molar-refractivity contribution in [2.24, 2.45) is 5.92 Å². The molecule has 2 fully saturated rings. The van der Waals surface area contributed by atoms with Crippen LogP contribution in [0.5, 0.6) is 5.06 Å². The summed E-state index contributed by atoms with van der Waals surface area (Å²) in [6.07, 6.45) is 4.27. The van der Waals surface area contributed by atoms with Crippen LogP contribution in [0.1, 0.15) is 25.7 Å². The maximum absolute atomic E-state index is 13.2. The Kier molecular flexibility index (Phi) is 11.4. The fourth-order valence-corrected chi connectivity index (χ4v) is 5.46. The third-order valence-electron chi connectivity index (χ3n) is 6.36. The van der Waals surface area contributed by atoms with Crippen LogP contribution in [0.25, 0.3) is 0 Å². The number of nitrogens with one attached hydrogen (secondary N) is 1. The van der Waals surface area contributed by atoms with Crippen LogP contribution in [-0.4, -0.2) is 105 Å². The molecule has 0 spiro atoms. The van der Waals surface area contributed by atoms with Crippen LogP contribution in [0, 0.1) is 5.92 Å². The lowest BCUT2D eigenvalue weighted by atomic mass is 9.85. The van der Waals surface area contributed by atoms with E-state index in [1.54, 1.807) is 24.1 Å². The minimum absolute atomic E-state index is 0.0513. The third kappa shape index (κ3) is 8.07. The van der Waals surface area contributed by atoms with Gasteiger partial charge in [0.05, 0.1) is 30.8 Å². The lowest BCUT2D eigenvalue weighted by Crippen LogP contribution is -2.61. The molecule has 1 aromatic rings. The van der Waals surface area contributed by atoms with Crippen LogP contribution in [0.4, 0.5) is 0 Å². The molecule has 9 nitrogen and oxygen atoms in total. The topological polar surface area (TPSA) is 101 Å². The van der Waals surface area contributed by atoms with Gasteiger partial charge in [0.1, 0.15) is 6.04 Å². The Hall–Kier alpha value is -1.43. The number of thiophene rings is 1. The van der Waals surface area contributed by atoms with Crippen molar-refractivity contribution < 1.29 is 28.9 Å². The summed E-state index contributed by atoms with van der Waals surface area (Å²) in [6.45, 7) is 3.56. The Morgan fingerprint density at radius 2 is 2.03 bits per heavy atom. The molecule has 0 aromatic carbocycles. The van der Waals surface area contributed by atoms with Gasteiger partial charge < -0.3 is 34.4 Å². The maximum Gasteiger partial charge on any atom is 0.261 e. The number of hydrogen-bond donors (Lipinski definition) is 2. The SMILES string of the molecule is COC[C@H]1C(=O)N(CC2CCC(NCCOCCO)CC2)CCN1C(=O)COc1ccc(Cl)s1. The minimum Gasteiger partial charge on any atom is -0.474 e. The van der Waals surface area contributed by atoms with Gasteiger partial charge in [-0.3, -0.25) is 9.59 Å². The second-order valence-electron chi connectivity index (χ2n) is 8.70. The molecule has 2 heterocycles. The van der Waals surface area contributed by atoms with Gasteiger partial charge in [0.15, 0.2) is 11.7 Å².